The lowest BCUT2D eigenvalue weighted by molar-refractivity contribution is 0.0695. The lowest BCUT2D eigenvalue weighted by Crippen LogP contribution is -2.44. The lowest BCUT2D eigenvalue weighted by Gasteiger charge is -2.32. The lowest BCUT2D eigenvalue weighted by atomic mass is 10.0. The van der Waals surface area contributed by atoms with Crippen LogP contribution in [0.25, 0.3) is 0 Å². The van der Waals surface area contributed by atoms with Crippen LogP contribution in [0.15, 0.2) is 0 Å². The number of aromatic amines is 1. The van der Waals surface area contributed by atoms with Crippen LogP contribution < -0.4 is 0 Å². The molecule has 21 heavy (non-hydrogen) atoms. The largest absolute Gasteiger partial charge is 0.478 e. The maximum Gasteiger partial charge on any atom is 0.337 e. The monoisotopic (exact) mass is 293 g/mol. The highest BCUT2D eigenvalue weighted by Crippen LogP contribution is 2.20. The number of carboxylic acids is 1. The van der Waals surface area contributed by atoms with Gasteiger partial charge in [0.25, 0.3) is 0 Å². The van der Waals surface area contributed by atoms with Crippen molar-refractivity contribution >= 4 is 12.3 Å². The summed E-state index contributed by atoms with van der Waals surface area (Å²) < 4.78 is 0. The Morgan fingerprint density at radius 3 is 2.57 bits per heavy atom. The number of likely N-dealkylation sites (N-methyl/N-ethyl adjacent to an activating group) is 1. The quantitative estimate of drug-likeness (QED) is 0.766. The van der Waals surface area contributed by atoms with Crippen molar-refractivity contribution < 1.29 is 14.7 Å². The number of aryl methyl sites for hydroxylation is 1. The maximum atomic E-state index is 11.3. The molecule has 0 aliphatic carbocycles. The van der Waals surface area contributed by atoms with Gasteiger partial charge < -0.3 is 19.9 Å². The summed E-state index contributed by atoms with van der Waals surface area (Å²) in [6.07, 6.45) is 2.19. The molecular weight excluding hydrogens is 270 g/mol. The van der Waals surface area contributed by atoms with E-state index in [1.54, 1.807) is 6.92 Å². The van der Waals surface area contributed by atoms with Gasteiger partial charge in [-0.3, -0.25) is 4.79 Å². The minimum Gasteiger partial charge on any atom is -0.478 e. The molecule has 0 radical (unpaired) electrons. The first-order chi connectivity index (χ1) is 10.0. The van der Waals surface area contributed by atoms with Crippen LogP contribution in [0.1, 0.15) is 38.5 Å². The highest BCUT2D eigenvalue weighted by Gasteiger charge is 2.20. The minimum absolute atomic E-state index is 0.260. The Balaban J connectivity index is 1.96. The van der Waals surface area contributed by atoms with E-state index >= 15 is 0 Å². The molecule has 2 N–H and O–H groups in total. The van der Waals surface area contributed by atoms with Crippen LogP contribution in [-0.2, 0) is 6.42 Å². The number of piperazine rings is 1. The van der Waals surface area contributed by atoms with E-state index in [2.05, 4.69) is 21.8 Å². The van der Waals surface area contributed by atoms with E-state index in [4.69, 9.17) is 0 Å². The molecule has 0 amide bonds. The number of nitrogens with zero attached hydrogens (tertiary/aromatic N) is 2. The molecular formula is C15H23N3O3. The number of carboxylic acid groups (broad SMARTS) is 1. The number of aldehydes is 1. The third-order valence-corrected chi connectivity index (χ3v) is 4.15. The maximum absolute atomic E-state index is 11.3. The van der Waals surface area contributed by atoms with Crippen molar-refractivity contribution in [2.75, 3.05) is 39.8 Å². The van der Waals surface area contributed by atoms with Crippen LogP contribution in [0.5, 0.6) is 0 Å². The van der Waals surface area contributed by atoms with Crippen molar-refractivity contribution in [2.24, 2.45) is 0 Å². The van der Waals surface area contributed by atoms with Gasteiger partial charge in [-0.1, -0.05) is 0 Å². The number of aromatic nitrogens is 1. The fraction of sp³-hybridized carbons (Fsp3) is 0.600. The normalized spacial score (nSPS) is 17.0. The molecule has 6 heteroatoms. The van der Waals surface area contributed by atoms with E-state index in [1.165, 1.54) is 0 Å². The van der Waals surface area contributed by atoms with Crippen molar-refractivity contribution in [3.8, 4) is 0 Å². The molecule has 2 rings (SSSR count). The topological polar surface area (TPSA) is 76.6 Å². The molecule has 0 spiro atoms. The molecule has 0 atom stereocenters. The molecule has 116 valence electrons. The first-order valence-corrected chi connectivity index (χ1v) is 7.33. The van der Waals surface area contributed by atoms with Crippen LogP contribution in [0, 0.1) is 6.92 Å². The second-order valence-corrected chi connectivity index (χ2v) is 5.69. The number of hydrogen-bond donors (Lipinski definition) is 2. The fourth-order valence-electron chi connectivity index (χ4n) is 2.90. The molecule has 1 fully saturated rings. The zero-order valence-corrected chi connectivity index (χ0v) is 12.7. The summed E-state index contributed by atoms with van der Waals surface area (Å²) in [6.45, 7) is 6.88. The Morgan fingerprint density at radius 1 is 1.33 bits per heavy atom. The Kier molecular flexibility index (Phi) is 5.14. The van der Waals surface area contributed by atoms with Gasteiger partial charge in [0.05, 0.1) is 11.3 Å². The van der Waals surface area contributed by atoms with Gasteiger partial charge >= 0.3 is 5.97 Å². The third-order valence-electron chi connectivity index (χ3n) is 4.15. The molecule has 1 aromatic heterocycles. The molecule has 0 bridgehead atoms. The predicted molar refractivity (Wildman–Crippen MR) is 80.1 cm³/mol. The number of carbonyl (C=O) groups excluding carboxylic acids is 1. The smallest absolute Gasteiger partial charge is 0.337 e. The van der Waals surface area contributed by atoms with Crippen molar-refractivity contribution in [3.05, 3.63) is 22.5 Å². The minimum atomic E-state index is -0.966. The van der Waals surface area contributed by atoms with Gasteiger partial charge in [0, 0.05) is 31.9 Å². The Morgan fingerprint density at radius 2 is 2.00 bits per heavy atom. The highest BCUT2D eigenvalue weighted by molar-refractivity contribution is 5.94. The number of nitrogens with one attached hydrogen (secondary N) is 1. The standard InChI is InChI=1S/C15H23N3O3/c1-11-14(15(20)21)12(13(10-19)16-11)4-3-5-18-8-6-17(2)7-9-18/h10,16H,3-9H2,1-2H3,(H,20,21). The third kappa shape index (κ3) is 3.71. The van der Waals surface area contributed by atoms with Crippen LogP contribution >= 0.6 is 0 Å². The van der Waals surface area contributed by atoms with Gasteiger partial charge in [-0.15, -0.1) is 0 Å². The molecule has 2 heterocycles. The summed E-state index contributed by atoms with van der Waals surface area (Å²) >= 11 is 0. The molecule has 0 aromatic carbocycles. The van der Waals surface area contributed by atoms with Crippen molar-refractivity contribution in [3.63, 3.8) is 0 Å². The summed E-state index contributed by atoms with van der Waals surface area (Å²) in [4.78, 5) is 30.0. The molecule has 1 saturated heterocycles. The average molecular weight is 293 g/mol. The summed E-state index contributed by atoms with van der Waals surface area (Å²) in [5.41, 5.74) is 1.86. The first kappa shape index (κ1) is 15.7. The van der Waals surface area contributed by atoms with Crippen molar-refractivity contribution in [1.82, 2.24) is 14.8 Å². The summed E-state index contributed by atoms with van der Waals surface area (Å²) in [6, 6.07) is 0. The molecule has 1 aliphatic heterocycles. The SMILES string of the molecule is Cc1[nH]c(C=O)c(CCCN2CCN(C)CC2)c1C(=O)O. The number of hydrogen-bond acceptors (Lipinski definition) is 4. The molecule has 1 aliphatic rings. The number of H-pyrrole nitrogens is 1. The highest BCUT2D eigenvalue weighted by atomic mass is 16.4. The van der Waals surface area contributed by atoms with Gasteiger partial charge in [-0.2, -0.15) is 0 Å². The predicted octanol–water partition coefficient (Wildman–Crippen LogP) is 1.01. The van der Waals surface area contributed by atoms with E-state index in [1.807, 2.05) is 0 Å². The fourth-order valence-corrected chi connectivity index (χ4v) is 2.90. The van der Waals surface area contributed by atoms with Crippen molar-refractivity contribution in [2.45, 2.75) is 19.8 Å². The van der Waals surface area contributed by atoms with E-state index in [0.717, 1.165) is 39.1 Å². The first-order valence-electron chi connectivity index (χ1n) is 7.33. The number of carbonyl (C=O) groups is 2. The zero-order chi connectivity index (χ0) is 15.4. The van der Waals surface area contributed by atoms with E-state index in [-0.39, 0.29) is 5.56 Å². The van der Waals surface area contributed by atoms with Gasteiger partial charge in [0.2, 0.25) is 0 Å². The molecule has 6 nitrogen and oxygen atoms in total. The van der Waals surface area contributed by atoms with Crippen LogP contribution in [0.3, 0.4) is 0 Å². The van der Waals surface area contributed by atoms with Crippen LogP contribution in [0.4, 0.5) is 0 Å². The number of rotatable bonds is 6. The molecule has 0 saturated carbocycles. The Bertz CT molecular complexity index is 516. The number of aromatic carboxylic acids is 1. The van der Waals surface area contributed by atoms with Crippen molar-refractivity contribution in [1.29, 1.82) is 0 Å². The Labute approximate surface area is 124 Å². The zero-order valence-electron chi connectivity index (χ0n) is 12.7. The molecule has 1 aromatic rings. The van der Waals surface area contributed by atoms with Gasteiger partial charge in [-0.25, -0.2) is 4.79 Å². The van der Waals surface area contributed by atoms with Crippen LogP contribution in [0.2, 0.25) is 0 Å². The van der Waals surface area contributed by atoms with Gasteiger partial charge in [-0.05, 0) is 38.9 Å². The second-order valence-electron chi connectivity index (χ2n) is 5.69. The summed E-state index contributed by atoms with van der Waals surface area (Å²) in [5.74, 6) is -0.966. The van der Waals surface area contributed by atoms with E-state index < -0.39 is 5.97 Å². The van der Waals surface area contributed by atoms with E-state index in [9.17, 15) is 14.7 Å². The Hall–Kier alpha value is -1.66. The summed E-state index contributed by atoms with van der Waals surface area (Å²) in [7, 11) is 2.12. The van der Waals surface area contributed by atoms with E-state index in [0.29, 0.717) is 29.7 Å². The summed E-state index contributed by atoms with van der Waals surface area (Å²) in [5, 5.41) is 9.28. The molecule has 0 unspecified atom stereocenters. The second kappa shape index (κ2) is 6.87. The van der Waals surface area contributed by atoms with Gasteiger partial charge in [0.15, 0.2) is 6.29 Å². The van der Waals surface area contributed by atoms with Crippen LogP contribution in [-0.4, -0.2) is 71.9 Å². The van der Waals surface area contributed by atoms with Gasteiger partial charge in [0.1, 0.15) is 0 Å². The average Bonchev–Trinajstić information content (AvgIpc) is 2.77.